The first-order valence-electron chi connectivity index (χ1n) is 10.2. The average molecular weight is 465 g/mol. The fraction of sp³-hybridized carbons (Fsp3) is 0.409. The lowest BCUT2D eigenvalue weighted by Gasteiger charge is -2.32. The third-order valence-electron chi connectivity index (χ3n) is 5.58. The van der Waals surface area contributed by atoms with Crippen LogP contribution < -0.4 is 5.32 Å². The first-order valence-corrected chi connectivity index (χ1v) is 13.5. The van der Waals surface area contributed by atoms with E-state index in [1.807, 2.05) is 13.8 Å². The number of sulfonamides is 1. The molecule has 1 fully saturated rings. The van der Waals surface area contributed by atoms with Gasteiger partial charge in [-0.3, -0.25) is 4.79 Å². The molecule has 0 aliphatic carbocycles. The molecule has 1 heterocycles. The second-order valence-electron chi connectivity index (χ2n) is 8.09. The Hall–Kier alpha value is -2.23. The molecule has 1 aliphatic rings. The van der Waals surface area contributed by atoms with E-state index in [2.05, 4.69) is 5.32 Å². The van der Waals surface area contributed by atoms with Gasteiger partial charge in [-0.1, -0.05) is 29.8 Å². The number of sulfone groups is 1. The van der Waals surface area contributed by atoms with Crippen LogP contribution in [0, 0.1) is 12.8 Å². The van der Waals surface area contributed by atoms with Crippen molar-refractivity contribution < 1.29 is 21.6 Å². The summed E-state index contributed by atoms with van der Waals surface area (Å²) in [6, 6.07) is 12.8. The van der Waals surface area contributed by atoms with Crippen LogP contribution in [-0.2, 0) is 24.7 Å². The van der Waals surface area contributed by atoms with Gasteiger partial charge in [0.15, 0.2) is 9.84 Å². The van der Waals surface area contributed by atoms with Gasteiger partial charge < -0.3 is 5.32 Å². The van der Waals surface area contributed by atoms with E-state index in [1.54, 1.807) is 36.4 Å². The Morgan fingerprint density at radius 3 is 2.16 bits per heavy atom. The number of carbonyl (C=O) groups is 1. The van der Waals surface area contributed by atoms with Crippen molar-refractivity contribution in [1.82, 2.24) is 9.62 Å². The minimum absolute atomic E-state index is 0.141. The monoisotopic (exact) mass is 464 g/mol. The summed E-state index contributed by atoms with van der Waals surface area (Å²) in [6.07, 6.45) is 2.37. The molecule has 2 atom stereocenters. The summed E-state index contributed by atoms with van der Waals surface area (Å²) < 4.78 is 50.5. The molecule has 0 bridgehead atoms. The standard InChI is InChI=1S/C22H28N2O5S2/c1-16-6-10-21(11-7-16)31(28,29)24-14-4-5-19(15-24)22(25)23-17(2)18-8-12-20(13-9-18)30(3,26)27/h6-13,17,19H,4-5,14-15H2,1-3H3,(H,23,25). The van der Waals surface area contributed by atoms with Gasteiger partial charge in [-0.2, -0.15) is 4.31 Å². The molecule has 2 aromatic carbocycles. The quantitative estimate of drug-likeness (QED) is 0.708. The maximum absolute atomic E-state index is 13.0. The highest BCUT2D eigenvalue weighted by molar-refractivity contribution is 7.90. The van der Waals surface area contributed by atoms with Gasteiger partial charge in [0, 0.05) is 19.3 Å². The molecule has 0 saturated carbocycles. The van der Waals surface area contributed by atoms with Crippen molar-refractivity contribution in [2.45, 2.75) is 42.5 Å². The molecule has 7 nitrogen and oxygen atoms in total. The van der Waals surface area contributed by atoms with Crippen LogP contribution in [0.15, 0.2) is 58.3 Å². The minimum atomic E-state index is -3.65. The van der Waals surface area contributed by atoms with Gasteiger partial charge in [-0.05, 0) is 56.5 Å². The van der Waals surface area contributed by atoms with Crippen LogP contribution in [0.1, 0.15) is 36.9 Å². The first-order chi connectivity index (χ1) is 14.5. The largest absolute Gasteiger partial charge is 0.349 e. The molecule has 3 rings (SSSR count). The van der Waals surface area contributed by atoms with Crippen molar-refractivity contribution in [3.8, 4) is 0 Å². The van der Waals surface area contributed by atoms with Crippen molar-refractivity contribution >= 4 is 25.8 Å². The number of rotatable bonds is 6. The molecule has 2 unspecified atom stereocenters. The molecule has 9 heteroatoms. The summed E-state index contributed by atoms with van der Waals surface area (Å²) >= 11 is 0. The maximum Gasteiger partial charge on any atom is 0.243 e. The average Bonchev–Trinajstić information content (AvgIpc) is 2.73. The van der Waals surface area contributed by atoms with Gasteiger partial charge in [0.2, 0.25) is 15.9 Å². The molecular formula is C22H28N2O5S2. The van der Waals surface area contributed by atoms with E-state index >= 15 is 0 Å². The number of hydrogen-bond acceptors (Lipinski definition) is 5. The topological polar surface area (TPSA) is 101 Å². The number of piperidine rings is 1. The van der Waals surface area contributed by atoms with E-state index < -0.39 is 25.8 Å². The summed E-state index contributed by atoms with van der Waals surface area (Å²) in [7, 11) is -6.93. The lowest BCUT2D eigenvalue weighted by Crippen LogP contribution is -2.45. The fourth-order valence-electron chi connectivity index (χ4n) is 3.65. The van der Waals surface area contributed by atoms with Crippen molar-refractivity contribution in [2.24, 2.45) is 5.92 Å². The Morgan fingerprint density at radius 1 is 1.00 bits per heavy atom. The van der Waals surface area contributed by atoms with Crippen LogP contribution in [0.2, 0.25) is 0 Å². The zero-order valence-electron chi connectivity index (χ0n) is 17.9. The molecule has 0 spiro atoms. The Labute approximate surface area is 184 Å². The van der Waals surface area contributed by atoms with Gasteiger partial charge >= 0.3 is 0 Å². The van der Waals surface area contributed by atoms with E-state index in [0.29, 0.717) is 19.4 Å². The molecule has 168 valence electrons. The molecule has 0 radical (unpaired) electrons. The van der Waals surface area contributed by atoms with Crippen LogP contribution in [-0.4, -0.2) is 46.4 Å². The maximum atomic E-state index is 13.0. The van der Waals surface area contributed by atoms with E-state index in [4.69, 9.17) is 0 Å². The van der Waals surface area contributed by atoms with Crippen LogP contribution in [0.3, 0.4) is 0 Å². The zero-order valence-corrected chi connectivity index (χ0v) is 19.5. The minimum Gasteiger partial charge on any atom is -0.349 e. The van der Waals surface area contributed by atoms with Crippen LogP contribution >= 0.6 is 0 Å². The predicted octanol–water partition coefficient (Wildman–Crippen LogP) is 2.68. The Kier molecular flexibility index (Phi) is 6.88. The van der Waals surface area contributed by atoms with Gasteiger partial charge in [-0.15, -0.1) is 0 Å². The van der Waals surface area contributed by atoms with Gasteiger partial charge in [0.1, 0.15) is 0 Å². The number of benzene rings is 2. The van der Waals surface area contributed by atoms with Crippen LogP contribution in [0.5, 0.6) is 0 Å². The summed E-state index contributed by atoms with van der Waals surface area (Å²) in [5, 5.41) is 2.93. The Morgan fingerprint density at radius 2 is 1.58 bits per heavy atom. The third-order valence-corrected chi connectivity index (χ3v) is 8.59. The lowest BCUT2D eigenvalue weighted by molar-refractivity contribution is -0.126. The summed E-state index contributed by atoms with van der Waals surface area (Å²) in [4.78, 5) is 13.3. The third kappa shape index (κ3) is 5.53. The second-order valence-corrected chi connectivity index (χ2v) is 12.0. The Bertz CT molecular complexity index is 1140. The van der Waals surface area contributed by atoms with Crippen LogP contribution in [0.25, 0.3) is 0 Å². The van der Waals surface area contributed by atoms with Crippen molar-refractivity contribution in [2.75, 3.05) is 19.3 Å². The van der Waals surface area contributed by atoms with Crippen LogP contribution in [0.4, 0.5) is 0 Å². The molecule has 31 heavy (non-hydrogen) atoms. The number of amides is 1. The molecule has 1 aliphatic heterocycles. The number of nitrogens with zero attached hydrogens (tertiary/aromatic N) is 1. The SMILES string of the molecule is Cc1ccc(S(=O)(=O)N2CCCC(C(=O)NC(C)c3ccc(S(C)(=O)=O)cc3)C2)cc1. The number of carbonyl (C=O) groups excluding carboxylic acids is 1. The molecule has 0 aromatic heterocycles. The highest BCUT2D eigenvalue weighted by Crippen LogP contribution is 2.25. The van der Waals surface area contributed by atoms with Gasteiger partial charge in [0.25, 0.3) is 0 Å². The summed E-state index contributed by atoms with van der Waals surface area (Å²) in [6.45, 7) is 4.24. The molecule has 2 aromatic rings. The lowest BCUT2D eigenvalue weighted by atomic mass is 9.98. The van der Waals surface area contributed by atoms with Crippen molar-refractivity contribution in [3.63, 3.8) is 0 Å². The normalized spacial score (nSPS) is 19.0. The fourth-order valence-corrected chi connectivity index (χ4v) is 5.81. The summed E-state index contributed by atoms with van der Waals surface area (Å²) in [5.41, 5.74) is 1.76. The molecule has 1 amide bonds. The number of hydrogen-bond donors (Lipinski definition) is 1. The Balaban J connectivity index is 1.67. The van der Waals surface area contributed by atoms with Crippen molar-refractivity contribution in [1.29, 1.82) is 0 Å². The number of nitrogens with one attached hydrogen (secondary N) is 1. The van der Waals surface area contributed by atoms with Gasteiger partial charge in [-0.25, -0.2) is 16.8 Å². The smallest absolute Gasteiger partial charge is 0.243 e. The summed E-state index contributed by atoms with van der Waals surface area (Å²) in [5.74, 6) is -0.643. The van der Waals surface area contributed by atoms with E-state index in [1.165, 1.54) is 16.4 Å². The molecule has 1 N–H and O–H groups in total. The second kappa shape index (κ2) is 9.10. The first kappa shape index (κ1) is 23.4. The predicted molar refractivity (Wildman–Crippen MR) is 119 cm³/mol. The van der Waals surface area contributed by atoms with Gasteiger partial charge in [0.05, 0.1) is 21.8 Å². The molecule has 1 saturated heterocycles. The number of aryl methyl sites for hydroxylation is 1. The molecular weight excluding hydrogens is 436 g/mol. The van der Waals surface area contributed by atoms with Crippen molar-refractivity contribution in [3.05, 3.63) is 59.7 Å². The van der Waals surface area contributed by atoms with E-state index in [9.17, 15) is 21.6 Å². The van der Waals surface area contributed by atoms with E-state index in [-0.39, 0.29) is 28.3 Å². The van der Waals surface area contributed by atoms with E-state index in [0.717, 1.165) is 17.4 Å². The highest BCUT2D eigenvalue weighted by atomic mass is 32.2. The highest BCUT2D eigenvalue weighted by Gasteiger charge is 2.33. The zero-order chi connectivity index (χ0) is 22.8.